The van der Waals surface area contributed by atoms with Gasteiger partial charge in [-0.25, -0.2) is 0 Å². The molecule has 0 aliphatic heterocycles. The molecule has 2 heteroatoms. The molecule has 0 aliphatic carbocycles. The van der Waals surface area contributed by atoms with Crippen LogP contribution in [0.25, 0.3) is 3.59 Å². The predicted octanol–water partition coefficient (Wildman–Crippen LogP) is 6.67. The average Bonchev–Trinajstić information content (AvgIpc) is 2.54. The Labute approximate surface area is 142 Å². The predicted molar refractivity (Wildman–Crippen MR) is 105 cm³/mol. The monoisotopic (exact) mass is 409 g/mol. The zero-order valence-corrected chi connectivity index (χ0v) is 17.8. The summed E-state index contributed by atoms with van der Waals surface area (Å²) in [4.78, 5) is 0. The summed E-state index contributed by atoms with van der Waals surface area (Å²) >= 11 is -2.34. The molecule has 1 aromatic rings. The van der Waals surface area contributed by atoms with Crippen LogP contribution in [0.3, 0.4) is 0 Å². The minimum absolute atomic E-state index is 0.855. The van der Waals surface area contributed by atoms with Gasteiger partial charge in [-0.15, -0.1) is 0 Å². The molecular formula is C20H35NSn. The average molecular weight is 408 g/mol. The van der Waals surface area contributed by atoms with Gasteiger partial charge >= 0.3 is 142 Å². The van der Waals surface area contributed by atoms with Crippen LogP contribution in [0, 0.1) is 0 Å². The fourth-order valence-corrected chi connectivity index (χ4v) is 19.1. The summed E-state index contributed by atoms with van der Waals surface area (Å²) in [6, 6.07) is 8.48. The molecule has 0 unspecified atom stereocenters. The van der Waals surface area contributed by atoms with E-state index in [0.717, 1.165) is 5.69 Å². The van der Waals surface area contributed by atoms with E-state index in [1.165, 1.54) is 57.4 Å². The molecule has 0 saturated carbocycles. The number of anilines is 1. The molecular weight excluding hydrogens is 373 g/mol. The molecule has 0 fully saturated rings. The summed E-state index contributed by atoms with van der Waals surface area (Å²) in [5, 5.41) is 0. The molecule has 0 amide bonds. The van der Waals surface area contributed by atoms with Crippen molar-refractivity contribution in [3.05, 3.63) is 36.4 Å². The molecule has 22 heavy (non-hydrogen) atoms. The van der Waals surface area contributed by atoms with Crippen LogP contribution in [-0.4, -0.2) is 18.4 Å². The van der Waals surface area contributed by atoms with Gasteiger partial charge < -0.3 is 0 Å². The molecule has 1 aromatic carbocycles. The van der Waals surface area contributed by atoms with Crippen LogP contribution < -0.4 is 5.73 Å². The number of hydrogen-bond acceptors (Lipinski definition) is 1. The van der Waals surface area contributed by atoms with Crippen molar-refractivity contribution in [1.82, 2.24) is 0 Å². The van der Waals surface area contributed by atoms with Gasteiger partial charge in [0.25, 0.3) is 0 Å². The van der Waals surface area contributed by atoms with Crippen molar-refractivity contribution in [2.45, 2.75) is 72.6 Å². The van der Waals surface area contributed by atoms with Crippen molar-refractivity contribution in [3.8, 4) is 0 Å². The Balaban J connectivity index is 3.06. The van der Waals surface area contributed by atoms with Gasteiger partial charge in [-0.1, -0.05) is 0 Å². The molecule has 0 heterocycles. The Kier molecular flexibility index (Phi) is 9.23. The van der Waals surface area contributed by atoms with Crippen LogP contribution >= 0.6 is 0 Å². The van der Waals surface area contributed by atoms with E-state index in [0.29, 0.717) is 0 Å². The van der Waals surface area contributed by atoms with E-state index < -0.39 is 18.4 Å². The van der Waals surface area contributed by atoms with E-state index >= 15 is 0 Å². The zero-order chi connectivity index (χ0) is 16.4. The summed E-state index contributed by atoms with van der Waals surface area (Å²) in [6.07, 6.45) is 8.09. The molecule has 0 aromatic heterocycles. The van der Waals surface area contributed by atoms with Gasteiger partial charge in [0.15, 0.2) is 0 Å². The molecule has 0 radical (unpaired) electrons. The summed E-state index contributed by atoms with van der Waals surface area (Å²) in [5.41, 5.74) is 8.09. The van der Waals surface area contributed by atoms with Crippen LogP contribution in [-0.2, 0) is 0 Å². The van der Waals surface area contributed by atoms with Gasteiger partial charge in [0, 0.05) is 0 Å². The van der Waals surface area contributed by atoms with Crippen LogP contribution in [0.5, 0.6) is 0 Å². The van der Waals surface area contributed by atoms with Gasteiger partial charge in [-0.2, -0.15) is 0 Å². The molecule has 0 saturated heterocycles. The summed E-state index contributed by atoms with van der Waals surface area (Å²) in [6.45, 7) is 11.6. The molecule has 0 atom stereocenters. The second kappa shape index (κ2) is 10.4. The fourth-order valence-electron chi connectivity index (χ4n) is 3.36. The number of rotatable bonds is 11. The minimum atomic E-state index is -2.34. The summed E-state index contributed by atoms with van der Waals surface area (Å²) in [7, 11) is 0. The van der Waals surface area contributed by atoms with E-state index in [1.54, 1.807) is 3.59 Å². The molecule has 1 nitrogen and oxygen atoms in total. The standard InChI is InChI=1S/C8H8N.3C4H9.Sn/c1-2-7-3-5-8(9)6-4-7;3*1-3-4-2;/h3-6H,1,9H2;3*1,3-4H2,2H3;. The Bertz CT molecular complexity index is 414. The first-order valence-electron chi connectivity index (χ1n) is 9.15. The number of nitrogen functional groups attached to an aromatic ring is 1. The van der Waals surface area contributed by atoms with Crippen LogP contribution in [0.15, 0.2) is 30.8 Å². The Morgan fingerprint density at radius 3 is 1.64 bits per heavy atom. The molecule has 1 rings (SSSR count). The SMILES string of the molecule is C=[C](c1ccc(N)cc1)[Sn]([CH2]CCC)([CH2]CCC)[CH2]CCC. The van der Waals surface area contributed by atoms with Crippen molar-refractivity contribution in [1.29, 1.82) is 0 Å². The van der Waals surface area contributed by atoms with Gasteiger partial charge in [0.1, 0.15) is 0 Å². The van der Waals surface area contributed by atoms with Crippen LogP contribution in [0.1, 0.15) is 64.9 Å². The maximum absolute atomic E-state index is 5.86. The van der Waals surface area contributed by atoms with Gasteiger partial charge in [-0.05, 0) is 0 Å². The van der Waals surface area contributed by atoms with Crippen molar-refractivity contribution >= 4 is 27.7 Å². The van der Waals surface area contributed by atoms with E-state index in [4.69, 9.17) is 5.73 Å². The van der Waals surface area contributed by atoms with Gasteiger partial charge in [0.05, 0.1) is 0 Å². The maximum atomic E-state index is 5.86. The molecule has 0 spiro atoms. The first-order chi connectivity index (χ1) is 10.6. The van der Waals surface area contributed by atoms with Crippen molar-refractivity contribution in [2.24, 2.45) is 0 Å². The third-order valence-corrected chi connectivity index (χ3v) is 20.6. The Morgan fingerprint density at radius 1 is 0.864 bits per heavy atom. The van der Waals surface area contributed by atoms with Crippen LogP contribution in [0.4, 0.5) is 5.69 Å². The first kappa shape index (κ1) is 19.6. The quantitative estimate of drug-likeness (QED) is 0.321. The fraction of sp³-hybridized carbons (Fsp3) is 0.600. The molecule has 0 bridgehead atoms. The molecule has 2 N–H and O–H groups in total. The zero-order valence-electron chi connectivity index (χ0n) is 15.0. The second-order valence-electron chi connectivity index (χ2n) is 6.69. The van der Waals surface area contributed by atoms with Crippen molar-refractivity contribution in [3.63, 3.8) is 0 Å². The number of unbranched alkanes of at least 4 members (excludes halogenated alkanes) is 3. The second-order valence-corrected chi connectivity index (χ2v) is 20.0. The van der Waals surface area contributed by atoms with Gasteiger partial charge in [0.2, 0.25) is 0 Å². The first-order valence-corrected chi connectivity index (χ1v) is 16.6. The van der Waals surface area contributed by atoms with Crippen molar-refractivity contribution in [2.75, 3.05) is 5.73 Å². The molecule has 0 aliphatic rings. The Hall–Kier alpha value is -0.441. The number of benzene rings is 1. The molecule has 124 valence electrons. The third kappa shape index (κ3) is 5.64. The topological polar surface area (TPSA) is 26.0 Å². The van der Waals surface area contributed by atoms with E-state index in [9.17, 15) is 0 Å². The van der Waals surface area contributed by atoms with E-state index in [2.05, 4.69) is 39.5 Å². The van der Waals surface area contributed by atoms with Crippen molar-refractivity contribution < 1.29 is 0 Å². The third-order valence-electron chi connectivity index (χ3n) is 4.93. The van der Waals surface area contributed by atoms with Crippen LogP contribution in [0.2, 0.25) is 13.3 Å². The summed E-state index contributed by atoms with van der Waals surface area (Å²) in [5.74, 6) is 0. The Morgan fingerprint density at radius 2 is 1.27 bits per heavy atom. The number of nitrogens with two attached hydrogens (primary N) is 1. The normalized spacial score (nSPS) is 11.6. The van der Waals surface area contributed by atoms with Gasteiger partial charge in [-0.3, -0.25) is 0 Å². The number of hydrogen-bond donors (Lipinski definition) is 1. The van der Waals surface area contributed by atoms with E-state index in [-0.39, 0.29) is 0 Å². The van der Waals surface area contributed by atoms with E-state index in [1.807, 2.05) is 12.1 Å². The summed E-state index contributed by atoms with van der Waals surface area (Å²) < 4.78 is 5.99.